The van der Waals surface area contributed by atoms with Crippen LogP contribution in [0.5, 0.6) is 0 Å². The molecule has 20 heavy (non-hydrogen) atoms. The number of nitrogens with one attached hydrogen (secondary N) is 1. The predicted octanol–water partition coefficient (Wildman–Crippen LogP) is 3.55. The van der Waals surface area contributed by atoms with Crippen LogP contribution in [0.15, 0.2) is 42.5 Å². The van der Waals surface area contributed by atoms with Crippen LogP contribution in [-0.2, 0) is 0 Å². The molecule has 0 aromatic heterocycles. The quantitative estimate of drug-likeness (QED) is 0.850. The average Bonchev–Trinajstić information content (AvgIpc) is 2.42. The number of nitrogen functional groups attached to an aromatic ring is 1. The maximum Gasteiger partial charge on any atom is 0.251 e. The van der Waals surface area contributed by atoms with Gasteiger partial charge in [0.25, 0.3) is 5.91 Å². The van der Waals surface area contributed by atoms with Crippen LogP contribution in [0.3, 0.4) is 0 Å². The Labute approximate surface area is 121 Å². The third-order valence-electron chi connectivity index (χ3n) is 2.98. The minimum atomic E-state index is -0.608. The van der Waals surface area contributed by atoms with Gasteiger partial charge in [-0.3, -0.25) is 4.79 Å². The number of rotatable bonds is 3. The molecule has 0 aliphatic heterocycles. The molecule has 3 N–H and O–H groups in total. The normalized spacial score (nSPS) is 11.9. The fourth-order valence-electron chi connectivity index (χ4n) is 1.85. The molecule has 0 radical (unpaired) electrons. The van der Waals surface area contributed by atoms with E-state index in [4.69, 9.17) is 17.3 Å². The molecule has 2 rings (SSSR count). The van der Waals surface area contributed by atoms with Crippen molar-refractivity contribution in [2.24, 2.45) is 0 Å². The van der Waals surface area contributed by atoms with Gasteiger partial charge in [0.05, 0.1) is 11.7 Å². The first-order valence-electron chi connectivity index (χ1n) is 6.09. The molecule has 0 bridgehead atoms. The summed E-state index contributed by atoms with van der Waals surface area (Å²) in [5, 5.41) is 3.34. The molecule has 0 fully saturated rings. The van der Waals surface area contributed by atoms with Gasteiger partial charge in [-0.15, -0.1) is 0 Å². The number of carbonyl (C=O) groups excluding carboxylic acids is 1. The van der Waals surface area contributed by atoms with Crippen LogP contribution in [0.4, 0.5) is 10.1 Å². The number of anilines is 1. The Morgan fingerprint density at radius 1 is 1.30 bits per heavy atom. The average molecular weight is 293 g/mol. The van der Waals surface area contributed by atoms with Gasteiger partial charge in [-0.2, -0.15) is 0 Å². The predicted molar refractivity (Wildman–Crippen MR) is 78.1 cm³/mol. The summed E-state index contributed by atoms with van der Waals surface area (Å²) in [4.78, 5) is 12.0. The van der Waals surface area contributed by atoms with Crippen molar-refractivity contribution in [2.45, 2.75) is 13.0 Å². The summed E-state index contributed by atoms with van der Waals surface area (Å²) in [5.41, 5.74) is 6.41. The number of halogens is 2. The molecular weight excluding hydrogens is 279 g/mol. The zero-order valence-corrected chi connectivity index (χ0v) is 11.6. The Bertz CT molecular complexity index is 646. The van der Waals surface area contributed by atoms with E-state index in [2.05, 4.69) is 5.32 Å². The lowest BCUT2D eigenvalue weighted by molar-refractivity contribution is 0.0939. The minimum absolute atomic E-state index is 0.0145. The molecular formula is C15H14ClFN2O. The third-order valence-corrected chi connectivity index (χ3v) is 3.33. The summed E-state index contributed by atoms with van der Waals surface area (Å²) >= 11 is 6.07. The van der Waals surface area contributed by atoms with Crippen LogP contribution in [0.2, 0.25) is 5.02 Å². The molecule has 0 aliphatic carbocycles. The highest BCUT2D eigenvalue weighted by Gasteiger charge is 2.14. The van der Waals surface area contributed by atoms with Gasteiger partial charge >= 0.3 is 0 Å². The van der Waals surface area contributed by atoms with E-state index in [9.17, 15) is 9.18 Å². The van der Waals surface area contributed by atoms with E-state index in [-0.39, 0.29) is 23.2 Å². The van der Waals surface area contributed by atoms with Crippen molar-refractivity contribution in [1.82, 2.24) is 5.32 Å². The minimum Gasteiger partial charge on any atom is -0.396 e. The van der Waals surface area contributed by atoms with Gasteiger partial charge < -0.3 is 11.1 Å². The molecule has 1 atom stereocenters. The molecule has 1 amide bonds. The second-order valence-electron chi connectivity index (χ2n) is 4.45. The van der Waals surface area contributed by atoms with Crippen LogP contribution in [0.1, 0.15) is 28.9 Å². The van der Waals surface area contributed by atoms with Crippen molar-refractivity contribution in [3.63, 3.8) is 0 Å². The van der Waals surface area contributed by atoms with Crippen molar-refractivity contribution in [1.29, 1.82) is 0 Å². The van der Waals surface area contributed by atoms with Gasteiger partial charge in [0.15, 0.2) is 0 Å². The molecule has 2 aromatic carbocycles. The van der Waals surface area contributed by atoms with Crippen LogP contribution >= 0.6 is 11.6 Å². The number of amides is 1. The van der Waals surface area contributed by atoms with Crippen molar-refractivity contribution in [2.75, 3.05) is 5.73 Å². The second-order valence-corrected chi connectivity index (χ2v) is 4.86. The first kappa shape index (κ1) is 14.3. The van der Waals surface area contributed by atoms with E-state index in [0.717, 1.165) is 11.6 Å². The van der Waals surface area contributed by atoms with Crippen LogP contribution in [0.25, 0.3) is 0 Å². The lowest BCUT2D eigenvalue weighted by Crippen LogP contribution is -2.27. The second kappa shape index (κ2) is 5.92. The maximum absolute atomic E-state index is 13.3. The van der Waals surface area contributed by atoms with E-state index < -0.39 is 5.82 Å². The topological polar surface area (TPSA) is 55.1 Å². The smallest absolute Gasteiger partial charge is 0.251 e. The molecule has 0 saturated carbocycles. The monoisotopic (exact) mass is 292 g/mol. The van der Waals surface area contributed by atoms with Crippen molar-refractivity contribution in [3.05, 3.63) is 64.4 Å². The Balaban J connectivity index is 2.15. The highest BCUT2D eigenvalue weighted by molar-refractivity contribution is 6.31. The Kier molecular flexibility index (Phi) is 4.25. The number of nitrogens with two attached hydrogens (primary N) is 1. The van der Waals surface area contributed by atoms with Crippen LogP contribution in [-0.4, -0.2) is 5.91 Å². The fourth-order valence-corrected chi connectivity index (χ4v) is 2.15. The van der Waals surface area contributed by atoms with E-state index in [1.165, 1.54) is 12.1 Å². The summed E-state index contributed by atoms with van der Waals surface area (Å²) < 4.78 is 13.3. The van der Waals surface area contributed by atoms with Gasteiger partial charge in [-0.1, -0.05) is 29.8 Å². The first-order valence-corrected chi connectivity index (χ1v) is 6.47. The number of hydrogen-bond donors (Lipinski definition) is 2. The lowest BCUT2D eigenvalue weighted by atomic mass is 10.1. The summed E-state index contributed by atoms with van der Waals surface area (Å²) in [7, 11) is 0. The Morgan fingerprint density at radius 3 is 2.65 bits per heavy atom. The Hall–Kier alpha value is -2.07. The fraction of sp³-hybridized carbons (Fsp3) is 0.133. The molecule has 2 aromatic rings. The van der Waals surface area contributed by atoms with Crippen LogP contribution < -0.4 is 11.1 Å². The SMILES string of the molecule is C[C@@H](NC(=O)c1ccc(N)c(F)c1)c1ccccc1Cl. The van der Waals surface area contributed by atoms with Crippen molar-refractivity contribution < 1.29 is 9.18 Å². The molecule has 5 heteroatoms. The number of benzene rings is 2. The van der Waals surface area contributed by atoms with Crippen molar-refractivity contribution in [3.8, 4) is 0 Å². The zero-order chi connectivity index (χ0) is 14.7. The van der Waals surface area contributed by atoms with E-state index in [0.29, 0.717) is 5.02 Å². The van der Waals surface area contributed by atoms with Crippen molar-refractivity contribution >= 4 is 23.2 Å². The highest BCUT2D eigenvalue weighted by atomic mass is 35.5. The maximum atomic E-state index is 13.3. The lowest BCUT2D eigenvalue weighted by Gasteiger charge is -2.15. The molecule has 104 valence electrons. The largest absolute Gasteiger partial charge is 0.396 e. The molecule has 0 unspecified atom stereocenters. The number of hydrogen-bond acceptors (Lipinski definition) is 2. The molecule has 0 heterocycles. The highest BCUT2D eigenvalue weighted by Crippen LogP contribution is 2.22. The summed E-state index contributed by atoms with van der Waals surface area (Å²) in [6.07, 6.45) is 0. The van der Waals surface area contributed by atoms with E-state index in [1.807, 2.05) is 25.1 Å². The summed E-state index contributed by atoms with van der Waals surface area (Å²) in [6, 6.07) is 10.9. The third kappa shape index (κ3) is 3.08. The molecule has 3 nitrogen and oxygen atoms in total. The number of carbonyl (C=O) groups is 1. The van der Waals surface area contributed by atoms with Crippen LogP contribution in [0, 0.1) is 5.82 Å². The molecule has 0 saturated heterocycles. The standard InChI is InChI=1S/C15H14ClFN2O/c1-9(11-4-2-3-5-12(11)16)19-15(20)10-6-7-14(18)13(17)8-10/h2-9H,18H2,1H3,(H,19,20)/t9-/m1/s1. The first-order chi connectivity index (χ1) is 9.49. The molecule has 0 spiro atoms. The van der Waals surface area contributed by atoms with Gasteiger partial charge in [-0.05, 0) is 36.8 Å². The molecule has 0 aliphatic rings. The summed E-state index contributed by atoms with van der Waals surface area (Å²) in [6.45, 7) is 1.81. The van der Waals surface area contributed by atoms with Gasteiger partial charge in [0, 0.05) is 10.6 Å². The Morgan fingerprint density at radius 2 is 2.00 bits per heavy atom. The van der Waals surface area contributed by atoms with E-state index >= 15 is 0 Å². The van der Waals surface area contributed by atoms with Gasteiger partial charge in [0.2, 0.25) is 0 Å². The van der Waals surface area contributed by atoms with Gasteiger partial charge in [-0.25, -0.2) is 4.39 Å². The summed E-state index contributed by atoms with van der Waals surface area (Å²) in [5.74, 6) is -0.987. The van der Waals surface area contributed by atoms with Gasteiger partial charge in [0.1, 0.15) is 5.82 Å². The zero-order valence-electron chi connectivity index (χ0n) is 10.9. The van der Waals surface area contributed by atoms with E-state index in [1.54, 1.807) is 6.07 Å².